The number of thiophene rings is 1. The number of hydrogen-bond donors (Lipinski definition) is 2. The van der Waals surface area contributed by atoms with E-state index >= 15 is 0 Å². The van der Waals surface area contributed by atoms with E-state index in [0.29, 0.717) is 41.8 Å². The molecular weight excluding hydrogens is 503 g/mol. The first-order valence-electron chi connectivity index (χ1n) is 10.7. The Morgan fingerprint density at radius 1 is 1.33 bits per heavy atom. The van der Waals surface area contributed by atoms with Gasteiger partial charge in [0, 0.05) is 12.2 Å². The SMILES string of the molecule is CC(C)(C)[Si](C)(C)OCCc1ccc(Cl)nc1C(NC(=O)O)c1cc(C2OCCO2)sc1Cl. The number of hydrogen-bond acceptors (Lipinski definition) is 6. The largest absolute Gasteiger partial charge is 0.465 e. The van der Waals surface area contributed by atoms with Crippen molar-refractivity contribution in [2.45, 2.75) is 57.7 Å². The highest BCUT2D eigenvalue weighted by Gasteiger charge is 2.37. The van der Waals surface area contributed by atoms with Gasteiger partial charge in [-0.15, -0.1) is 11.3 Å². The fraction of sp³-hybridized carbons (Fsp3) is 0.545. The van der Waals surface area contributed by atoms with Crippen molar-refractivity contribution in [1.29, 1.82) is 0 Å². The summed E-state index contributed by atoms with van der Waals surface area (Å²) in [6, 6.07) is 4.57. The van der Waals surface area contributed by atoms with Gasteiger partial charge in [0.2, 0.25) is 0 Å². The molecule has 2 aromatic rings. The number of aromatic nitrogens is 1. The van der Waals surface area contributed by atoms with Crippen LogP contribution in [0.4, 0.5) is 4.79 Å². The second kappa shape index (κ2) is 10.6. The van der Waals surface area contributed by atoms with Gasteiger partial charge in [0.1, 0.15) is 11.2 Å². The van der Waals surface area contributed by atoms with Crippen LogP contribution in [0.25, 0.3) is 0 Å². The number of carboxylic acid groups (broad SMARTS) is 1. The summed E-state index contributed by atoms with van der Waals surface area (Å²) < 4.78 is 17.9. The Balaban J connectivity index is 1.92. The van der Waals surface area contributed by atoms with Gasteiger partial charge in [-0.05, 0) is 42.2 Å². The highest BCUT2D eigenvalue weighted by Crippen LogP contribution is 2.41. The van der Waals surface area contributed by atoms with Gasteiger partial charge in [0.25, 0.3) is 0 Å². The Morgan fingerprint density at radius 2 is 2.00 bits per heavy atom. The fourth-order valence-corrected chi connectivity index (χ4v) is 5.78. The minimum atomic E-state index is -1.93. The summed E-state index contributed by atoms with van der Waals surface area (Å²) in [6.45, 7) is 12.5. The molecular formula is C22H30Cl2N2O5SSi. The normalized spacial score (nSPS) is 16.2. The van der Waals surface area contributed by atoms with Crippen LogP contribution in [0.3, 0.4) is 0 Å². The van der Waals surface area contributed by atoms with Crippen molar-refractivity contribution in [3.8, 4) is 0 Å². The number of pyridine rings is 1. The molecule has 33 heavy (non-hydrogen) atoms. The Bertz CT molecular complexity index is 990. The minimum absolute atomic E-state index is 0.0897. The first-order valence-corrected chi connectivity index (χ1v) is 15.2. The second-order valence-corrected chi connectivity index (χ2v) is 16.3. The number of nitrogens with zero attached hydrogens (tertiary/aromatic N) is 1. The lowest BCUT2D eigenvalue weighted by molar-refractivity contribution is -0.0413. The van der Waals surface area contributed by atoms with Crippen molar-refractivity contribution in [3.63, 3.8) is 0 Å². The molecule has 1 amide bonds. The van der Waals surface area contributed by atoms with Gasteiger partial charge in [-0.3, -0.25) is 0 Å². The molecule has 0 bridgehead atoms. The molecule has 1 fully saturated rings. The summed E-state index contributed by atoms with van der Waals surface area (Å²) in [5, 5.41) is 12.5. The third kappa shape index (κ3) is 6.48. The molecule has 0 aromatic carbocycles. The van der Waals surface area contributed by atoms with Crippen LogP contribution in [0, 0.1) is 0 Å². The summed E-state index contributed by atoms with van der Waals surface area (Å²) in [7, 11) is -1.93. The lowest BCUT2D eigenvalue weighted by Gasteiger charge is -2.36. The van der Waals surface area contributed by atoms with E-state index < -0.39 is 26.7 Å². The summed E-state index contributed by atoms with van der Waals surface area (Å²) >= 11 is 14.1. The topological polar surface area (TPSA) is 89.9 Å². The summed E-state index contributed by atoms with van der Waals surface area (Å²) in [5.74, 6) is 0. The highest BCUT2D eigenvalue weighted by molar-refractivity contribution is 7.16. The fourth-order valence-electron chi connectivity index (χ4n) is 3.23. The van der Waals surface area contributed by atoms with Crippen molar-refractivity contribution >= 4 is 48.9 Å². The van der Waals surface area contributed by atoms with Gasteiger partial charge in [0.15, 0.2) is 14.6 Å². The van der Waals surface area contributed by atoms with Crippen molar-refractivity contribution in [3.05, 3.63) is 49.4 Å². The molecule has 1 aliphatic rings. The summed E-state index contributed by atoms with van der Waals surface area (Å²) in [5.41, 5.74) is 1.93. The van der Waals surface area contributed by atoms with Gasteiger partial charge in [-0.1, -0.05) is 50.0 Å². The van der Waals surface area contributed by atoms with E-state index in [1.165, 1.54) is 11.3 Å². The van der Waals surface area contributed by atoms with Crippen LogP contribution >= 0.6 is 34.5 Å². The number of ether oxygens (including phenoxy) is 2. The number of rotatable bonds is 8. The summed E-state index contributed by atoms with van der Waals surface area (Å²) in [6.07, 6.45) is -1.13. The van der Waals surface area contributed by atoms with Crippen molar-refractivity contribution in [1.82, 2.24) is 10.3 Å². The van der Waals surface area contributed by atoms with E-state index in [-0.39, 0.29) is 10.2 Å². The van der Waals surface area contributed by atoms with Crippen LogP contribution in [0.1, 0.15) is 54.8 Å². The average molecular weight is 534 g/mol. The highest BCUT2D eigenvalue weighted by atomic mass is 35.5. The maximum Gasteiger partial charge on any atom is 0.405 e. The Kier molecular flexibility index (Phi) is 8.48. The average Bonchev–Trinajstić information content (AvgIpc) is 3.36. The molecule has 1 saturated heterocycles. The van der Waals surface area contributed by atoms with Crippen LogP contribution in [-0.2, 0) is 20.3 Å². The third-order valence-corrected chi connectivity index (χ3v) is 12.2. The molecule has 0 saturated carbocycles. The molecule has 1 atom stereocenters. The zero-order valence-corrected chi connectivity index (χ0v) is 22.7. The van der Waals surface area contributed by atoms with Gasteiger partial charge < -0.3 is 24.3 Å². The van der Waals surface area contributed by atoms with Crippen LogP contribution in [-0.4, -0.2) is 44.3 Å². The van der Waals surface area contributed by atoms with Gasteiger partial charge >= 0.3 is 6.09 Å². The van der Waals surface area contributed by atoms with Crippen LogP contribution in [0.2, 0.25) is 27.6 Å². The Hall–Kier alpha value is -1.20. The molecule has 0 spiro atoms. The molecule has 3 heterocycles. The quantitative estimate of drug-likeness (QED) is 0.301. The molecule has 182 valence electrons. The van der Waals surface area contributed by atoms with E-state index in [1.807, 2.05) is 12.1 Å². The molecule has 0 radical (unpaired) electrons. The van der Waals surface area contributed by atoms with E-state index in [0.717, 1.165) is 10.4 Å². The standard InChI is InChI=1S/C22H30Cl2N2O5SSi/c1-22(2,3)33(4,5)31-9-8-13-6-7-16(23)25-17(13)18(26-21(27)28)14-12-15(32-19(14)24)20-29-10-11-30-20/h6-7,12,18,20,26H,8-11H2,1-5H3,(H,27,28). The Morgan fingerprint density at radius 3 is 2.61 bits per heavy atom. The van der Waals surface area contributed by atoms with Crippen molar-refractivity contribution in [2.75, 3.05) is 19.8 Å². The first-order chi connectivity index (χ1) is 15.4. The zero-order chi connectivity index (χ0) is 24.4. The number of amides is 1. The maximum atomic E-state index is 11.7. The number of halogens is 2. The third-order valence-electron chi connectivity index (χ3n) is 6.06. The van der Waals surface area contributed by atoms with Crippen LogP contribution < -0.4 is 5.32 Å². The molecule has 0 aliphatic carbocycles. The van der Waals surface area contributed by atoms with E-state index in [1.54, 1.807) is 6.07 Å². The van der Waals surface area contributed by atoms with Crippen molar-refractivity contribution in [2.24, 2.45) is 0 Å². The molecule has 7 nitrogen and oxygen atoms in total. The van der Waals surface area contributed by atoms with E-state index in [4.69, 9.17) is 37.1 Å². The molecule has 1 aliphatic heterocycles. The van der Waals surface area contributed by atoms with E-state index in [2.05, 4.69) is 44.2 Å². The van der Waals surface area contributed by atoms with Crippen molar-refractivity contribution < 1.29 is 23.8 Å². The van der Waals surface area contributed by atoms with Gasteiger partial charge in [-0.2, -0.15) is 0 Å². The lowest BCUT2D eigenvalue weighted by Crippen LogP contribution is -2.41. The summed E-state index contributed by atoms with van der Waals surface area (Å²) in [4.78, 5) is 17.0. The predicted molar refractivity (Wildman–Crippen MR) is 133 cm³/mol. The zero-order valence-electron chi connectivity index (χ0n) is 19.4. The molecule has 3 rings (SSSR count). The predicted octanol–water partition coefficient (Wildman–Crippen LogP) is 6.42. The molecule has 1 unspecified atom stereocenters. The van der Waals surface area contributed by atoms with Crippen LogP contribution in [0.15, 0.2) is 18.2 Å². The second-order valence-electron chi connectivity index (χ2n) is 9.37. The lowest BCUT2D eigenvalue weighted by atomic mass is 9.99. The van der Waals surface area contributed by atoms with Gasteiger partial charge in [0.05, 0.1) is 28.1 Å². The van der Waals surface area contributed by atoms with Crippen LogP contribution in [0.5, 0.6) is 0 Å². The smallest absolute Gasteiger partial charge is 0.405 e. The number of carbonyl (C=O) groups is 1. The molecule has 2 N–H and O–H groups in total. The molecule has 11 heteroatoms. The number of nitrogens with one attached hydrogen (secondary N) is 1. The first kappa shape index (κ1) is 26.4. The maximum absolute atomic E-state index is 11.7. The minimum Gasteiger partial charge on any atom is -0.465 e. The monoisotopic (exact) mass is 532 g/mol. The van der Waals surface area contributed by atoms with Gasteiger partial charge in [-0.25, -0.2) is 9.78 Å². The molecule has 2 aromatic heterocycles. The Labute approximate surface area is 209 Å². The van der Waals surface area contributed by atoms with E-state index in [9.17, 15) is 9.90 Å².